The normalized spacial score (nSPS) is 25.5. The van der Waals surface area contributed by atoms with Crippen LogP contribution >= 0.6 is 23.4 Å². The minimum Gasteiger partial charge on any atom is -0.332 e. The summed E-state index contributed by atoms with van der Waals surface area (Å²) in [6, 6.07) is 5.84. The summed E-state index contributed by atoms with van der Waals surface area (Å²) in [5.74, 6) is 1.04. The second kappa shape index (κ2) is 9.24. The van der Waals surface area contributed by atoms with Gasteiger partial charge in [0.25, 0.3) is 0 Å². The van der Waals surface area contributed by atoms with Crippen molar-refractivity contribution in [2.45, 2.75) is 37.4 Å². The number of fused-ring (bicyclic) bond motifs is 1. The van der Waals surface area contributed by atoms with Gasteiger partial charge < -0.3 is 10.2 Å². The van der Waals surface area contributed by atoms with Crippen LogP contribution in [0.25, 0.3) is 5.57 Å². The van der Waals surface area contributed by atoms with E-state index >= 15 is 0 Å². The van der Waals surface area contributed by atoms with Crippen LogP contribution < -0.4 is 5.32 Å². The van der Waals surface area contributed by atoms with E-state index in [1.54, 1.807) is 24.0 Å². The Morgan fingerprint density at radius 2 is 2.18 bits per heavy atom. The van der Waals surface area contributed by atoms with Gasteiger partial charge >= 0.3 is 0 Å². The highest BCUT2D eigenvalue weighted by atomic mass is 35.5. The Hall–Kier alpha value is -2.16. The zero-order valence-electron chi connectivity index (χ0n) is 18.5. The summed E-state index contributed by atoms with van der Waals surface area (Å²) >= 11 is 8.31. The molecular formula is C24H26ClF2N5S. The summed E-state index contributed by atoms with van der Waals surface area (Å²) in [7, 11) is 1.96. The van der Waals surface area contributed by atoms with Crippen molar-refractivity contribution in [3.8, 4) is 0 Å². The van der Waals surface area contributed by atoms with E-state index in [2.05, 4.69) is 26.8 Å². The van der Waals surface area contributed by atoms with E-state index in [9.17, 15) is 8.78 Å². The lowest BCUT2D eigenvalue weighted by atomic mass is 9.91. The lowest BCUT2D eigenvalue weighted by molar-refractivity contribution is 0.245. The van der Waals surface area contributed by atoms with Crippen LogP contribution in [0, 0.1) is 11.7 Å². The number of benzene rings is 1. The summed E-state index contributed by atoms with van der Waals surface area (Å²) in [5, 5.41) is 10.5. The number of halogens is 3. The molecule has 9 heteroatoms. The average Bonchev–Trinajstić information content (AvgIpc) is 3.53. The molecule has 5 rings (SSSR count). The predicted octanol–water partition coefficient (Wildman–Crippen LogP) is 5.59. The Morgan fingerprint density at radius 1 is 1.33 bits per heavy atom. The number of aromatic nitrogens is 2. The highest BCUT2D eigenvalue weighted by molar-refractivity contribution is 8.03. The van der Waals surface area contributed by atoms with Crippen molar-refractivity contribution in [3.05, 3.63) is 69.7 Å². The number of aliphatic imine (C=N–C) groups is 1. The van der Waals surface area contributed by atoms with Gasteiger partial charge in [0.15, 0.2) is 6.30 Å². The molecule has 2 aromatic rings. The zero-order chi connectivity index (χ0) is 23.1. The Morgan fingerprint density at radius 3 is 2.85 bits per heavy atom. The van der Waals surface area contributed by atoms with Crippen LogP contribution in [0.5, 0.6) is 0 Å². The van der Waals surface area contributed by atoms with Crippen molar-refractivity contribution in [2.75, 3.05) is 20.1 Å². The van der Waals surface area contributed by atoms with Gasteiger partial charge in [0.2, 0.25) is 0 Å². The molecule has 0 spiro atoms. The minimum atomic E-state index is -1.24. The fourth-order valence-corrected chi connectivity index (χ4v) is 6.09. The lowest BCUT2D eigenvalue weighted by Crippen LogP contribution is -2.39. The maximum Gasteiger partial charge on any atom is 0.188 e. The summed E-state index contributed by atoms with van der Waals surface area (Å²) in [6.45, 7) is 3.20. The van der Waals surface area contributed by atoms with Crippen molar-refractivity contribution in [2.24, 2.45) is 10.9 Å². The molecule has 1 saturated heterocycles. The van der Waals surface area contributed by atoms with E-state index in [4.69, 9.17) is 16.6 Å². The first kappa shape index (κ1) is 22.6. The van der Waals surface area contributed by atoms with Gasteiger partial charge in [-0.2, -0.15) is 5.10 Å². The number of allylic oxidation sites excluding steroid dienone is 2. The number of hydrogen-bond acceptors (Lipinski definition) is 5. The summed E-state index contributed by atoms with van der Waals surface area (Å²) < 4.78 is 29.2. The lowest BCUT2D eigenvalue weighted by Gasteiger charge is -2.35. The van der Waals surface area contributed by atoms with Crippen LogP contribution in [0.2, 0.25) is 5.02 Å². The van der Waals surface area contributed by atoms with Gasteiger partial charge in [-0.3, -0.25) is 4.99 Å². The number of alkyl halides is 1. The van der Waals surface area contributed by atoms with Gasteiger partial charge in [0, 0.05) is 34.6 Å². The minimum absolute atomic E-state index is 0.222. The largest absolute Gasteiger partial charge is 0.332 e. The number of thioether (sulfide) groups is 1. The number of nitrogens with one attached hydrogen (secondary N) is 1. The van der Waals surface area contributed by atoms with Crippen LogP contribution in [0.3, 0.4) is 0 Å². The molecule has 1 fully saturated rings. The summed E-state index contributed by atoms with van der Waals surface area (Å²) in [4.78, 5) is 7.55. The van der Waals surface area contributed by atoms with E-state index < -0.39 is 12.3 Å². The first-order valence-electron chi connectivity index (χ1n) is 11.1. The van der Waals surface area contributed by atoms with Gasteiger partial charge in [-0.15, -0.1) is 11.8 Å². The van der Waals surface area contributed by atoms with Crippen molar-refractivity contribution >= 4 is 34.8 Å². The molecule has 1 N–H and O–H groups in total. The molecule has 4 atom stereocenters. The highest BCUT2D eigenvalue weighted by Crippen LogP contribution is 2.48. The van der Waals surface area contributed by atoms with Crippen LogP contribution in [-0.2, 0) is 0 Å². The molecule has 3 aliphatic rings. The second-order valence-corrected chi connectivity index (χ2v) is 10.2. The average molecular weight is 490 g/mol. The Balaban J connectivity index is 1.68. The van der Waals surface area contributed by atoms with E-state index in [0.29, 0.717) is 16.6 Å². The Bertz CT molecular complexity index is 1130. The summed E-state index contributed by atoms with van der Waals surface area (Å²) in [6.07, 6.45) is 4.35. The first-order valence-corrected chi connectivity index (χ1v) is 12.5. The fraction of sp³-hybridized carbons (Fsp3) is 0.417. The highest BCUT2D eigenvalue weighted by Gasteiger charge is 2.41. The van der Waals surface area contributed by atoms with Gasteiger partial charge in [-0.05, 0) is 62.9 Å². The third-order valence-corrected chi connectivity index (χ3v) is 7.76. The standard InChI is InChI=1S/C24H26ClF2N5S/c1-14(26)32-8-7-19(30-32)22-20-10-15(12-28-2)13-31(20)24(21-4-3-9-33-21)29-23(22)17-6-5-16(27)11-18(17)25/h3,5-9,11,14-15,21,23,28H,4,10,12-13H2,1-2H3/t14?,15-,21?,23+/m1/s1. The predicted molar refractivity (Wildman–Crippen MR) is 130 cm³/mol. The van der Waals surface area contributed by atoms with Crippen molar-refractivity contribution in [1.29, 1.82) is 0 Å². The molecule has 33 heavy (non-hydrogen) atoms. The van der Waals surface area contributed by atoms with Crippen LogP contribution in [0.4, 0.5) is 8.78 Å². The Labute approximate surface area is 201 Å². The SMILES string of the molecule is CNC[C@H]1CC2=C(c3ccn(C(C)F)n3)[C@H](c3ccc(F)cc3Cl)N=C(C3CC=CS3)N2C1. The third kappa shape index (κ3) is 4.24. The maximum atomic E-state index is 14.0. The van der Waals surface area contributed by atoms with E-state index in [0.717, 1.165) is 48.6 Å². The van der Waals surface area contributed by atoms with Crippen molar-refractivity contribution < 1.29 is 8.78 Å². The molecule has 1 aromatic carbocycles. The van der Waals surface area contributed by atoms with E-state index in [1.807, 2.05) is 13.1 Å². The Kier molecular flexibility index (Phi) is 6.33. The van der Waals surface area contributed by atoms with Crippen molar-refractivity contribution in [3.63, 3.8) is 0 Å². The van der Waals surface area contributed by atoms with E-state index in [-0.39, 0.29) is 11.1 Å². The molecule has 0 radical (unpaired) electrons. The molecule has 1 aromatic heterocycles. The smallest absolute Gasteiger partial charge is 0.188 e. The zero-order valence-corrected chi connectivity index (χ0v) is 20.1. The summed E-state index contributed by atoms with van der Waals surface area (Å²) in [5.41, 5.74) is 3.47. The number of amidine groups is 1. The number of nitrogens with zero attached hydrogens (tertiary/aromatic N) is 4. The molecule has 5 nitrogen and oxygen atoms in total. The fourth-order valence-electron chi connectivity index (χ4n) is 4.88. The van der Waals surface area contributed by atoms with Gasteiger partial charge in [0.1, 0.15) is 17.7 Å². The number of rotatable bonds is 6. The quantitative estimate of drug-likeness (QED) is 0.574. The third-order valence-electron chi connectivity index (χ3n) is 6.35. The van der Waals surface area contributed by atoms with Crippen molar-refractivity contribution in [1.82, 2.24) is 20.0 Å². The number of hydrogen-bond donors (Lipinski definition) is 1. The van der Waals surface area contributed by atoms with E-state index in [1.165, 1.54) is 23.7 Å². The molecule has 0 saturated carbocycles. The molecule has 0 bridgehead atoms. The molecule has 0 aliphatic carbocycles. The first-order chi connectivity index (χ1) is 16.0. The van der Waals surface area contributed by atoms with Crippen LogP contribution in [0.1, 0.15) is 43.4 Å². The van der Waals surface area contributed by atoms with Gasteiger partial charge in [-0.1, -0.05) is 23.7 Å². The van der Waals surface area contributed by atoms with Gasteiger partial charge in [0.05, 0.1) is 10.9 Å². The topological polar surface area (TPSA) is 45.5 Å². The molecule has 174 valence electrons. The molecule has 0 amide bonds. The van der Waals surface area contributed by atoms with Crippen LogP contribution in [-0.4, -0.2) is 45.9 Å². The van der Waals surface area contributed by atoms with Gasteiger partial charge in [-0.25, -0.2) is 13.5 Å². The second-order valence-electron chi connectivity index (χ2n) is 8.64. The molecular weight excluding hydrogens is 464 g/mol. The molecule has 4 heterocycles. The van der Waals surface area contributed by atoms with Crippen LogP contribution in [0.15, 0.2) is 52.6 Å². The molecule has 3 aliphatic heterocycles. The maximum absolute atomic E-state index is 14.0. The molecule has 2 unspecified atom stereocenters. The monoisotopic (exact) mass is 489 g/mol.